The zero-order valence-corrected chi connectivity index (χ0v) is 12.0. The first-order valence-corrected chi connectivity index (χ1v) is 6.74. The Bertz CT molecular complexity index is 538. The van der Waals surface area contributed by atoms with E-state index in [0.29, 0.717) is 5.75 Å². The number of aromatic hydroxyl groups is 1. The Morgan fingerprint density at radius 3 is 2.68 bits per heavy atom. The number of benzene rings is 1. The highest BCUT2D eigenvalue weighted by Gasteiger charge is 2.33. The fourth-order valence-corrected chi connectivity index (χ4v) is 2.79. The minimum Gasteiger partial charge on any atom is -0.508 e. The molecule has 2 rings (SSSR count). The molecular weight excluding hydrogens is 236 g/mol. The number of hydrogen-bond acceptors (Lipinski definition) is 2. The monoisotopic (exact) mass is 258 g/mol. The van der Waals surface area contributed by atoms with Gasteiger partial charge in [-0.1, -0.05) is 49.8 Å². The average molecular weight is 258 g/mol. The standard InChI is InChI=1S/C17H22O2/c1-11(14-7-5-9-16(18)12(14)2)15-8-6-10-17(4,19)13(15)3/h5-11,13,18-19H,1-4H3. The Labute approximate surface area is 115 Å². The van der Waals surface area contributed by atoms with Crippen LogP contribution in [-0.4, -0.2) is 15.8 Å². The third kappa shape index (κ3) is 2.45. The molecule has 0 fully saturated rings. The van der Waals surface area contributed by atoms with Crippen molar-refractivity contribution in [2.75, 3.05) is 0 Å². The summed E-state index contributed by atoms with van der Waals surface area (Å²) in [6.07, 6.45) is 5.84. The molecule has 19 heavy (non-hydrogen) atoms. The van der Waals surface area contributed by atoms with Crippen molar-refractivity contribution in [2.45, 2.75) is 39.2 Å². The van der Waals surface area contributed by atoms with E-state index in [-0.39, 0.29) is 11.8 Å². The predicted molar refractivity (Wildman–Crippen MR) is 78.3 cm³/mol. The normalized spacial score (nSPS) is 28.1. The van der Waals surface area contributed by atoms with Crippen LogP contribution in [0.2, 0.25) is 0 Å². The van der Waals surface area contributed by atoms with E-state index in [1.54, 1.807) is 6.07 Å². The van der Waals surface area contributed by atoms with E-state index in [9.17, 15) is 10.2 Å². The fraction of sp³-hybridized carbons (Fsp3) is 0.412. The van der Waals surface area contributed by atoms with Crippen LogP contribution in [0.1, 0.15) is 37.8 Å². The molecule has 0 saturated carbocycles. The van der Waals surface area contributed by atoms with Gasteiger partial charge in [-0.3, -0.25) is 0 Å². The molecule has 1 aliphatic rings. The SMILES string of the molecule is Cc1c(O)cccc1C(C)C1=CC=CC(C)(O)C1C. The second-order valence-electron chi connectivity index (χ2n) is 5.69. The van der Waals surface area contributed by atoms with Gasteiger partial charge < -0.3 is 10.2 Å². The van der Waals surface area contributed by atoms with Gasteiger partial charge >= 0.3 is 0 Å². The lowest BCUT2D eigenvalue weighted by Gasteiger charge is -2.35. The van der Waals surface area contributed by atoms with Gasteiger partial charge in [-0.05, 0) is 31.0 Å². The number of phenolic OH excluding ortho intramolecular Hbond substituents is 1. The summed E-state index contributed by atoms with van der Waals surface area (Å²) in [7, 11) is 0. The van der Waals surface area contributed by atoms with Crippen LogP contribution in [0.4, 0.5) is 0 Å². The topological polar surface area (TPSA) is 40.5 Å². The van der Waals surface area contributed by atoms with E-state index in [0.717, 1.165) is 11.1 Å². The first-order chi connectivity index (χ1) is 8.84. The van der Waals surface area contributed by atoms with Crippen molar-refractivity contribution in [3.05, 3.63) is 53.1 Å². The second kappa shape index (κ2) is 4.86. The lowest BCUT2D eigenvalue weighted by molar-refractivity contribution is 0.0658. The third-order valence-corrected chi connectivity index (χ3v) is 4.41. The molecule has 0 heterocycles. The molecule has 0 aromatic heterocycles. The Morgan fingerprint density at radius 2 is 2.00 bits per heavy atom. The van der Waals surface area contributed by atoms with Gasteiger partial charge in [-0.2, -0.15) is 0 Å². The van der Waals surface area contributed by atoms with Crippen LogP contribution < -0.4 is 0 Å². The van der Waals surface area contributed by atoms with E-state index in [4.69, 9.17) is 0 Å². The molecular formula is C17H22O2. The largest absolute Gasteiger partial charge is 0.508 e. The van der Waals surface area contributed by atoms with Crippen LogP contribution in [-0.2, 0) is 0 Å². The molecule has 2 N–H and O–H groups in total. The van der Waals surface area contributed by atoms with Crippen molar-refractivity contribution in [3.8, 4) is 5.75 Å². The van der Waals surface area contributed by atoms with Gasteiger partial charge in [0.05, 0.1) is 5.60 Å². The van der Waals surface area contributed by atoms with E-state index in [2.05, 4.69) is 13.0 Å². The zero-order valence-electron chi connectivity index (χ0n) is 12.0. The summed E-state index contributed by atoms with van der Waals surface area (Å²) in [6.45, 7) is 7.94. The molecule has 3 unspecified atom stereocenters. The number of aliphatic hydroxyl groups is 1. The van der Waals surface area contributed by atoms with Gasteiger partial charge in [0.15, 0.2) is 0 Å². The molecule has 0 spiro atoms. The Hall–Kier alpha value is -1.54. The molecule has 2 nitrogen and oxygen atoms in total. The molecule has 0 aliphatic heterocycles. The zero-order chi connectivity index (χ0) is 14.2. The van der Waals surface area contributed by atoms with Crippen LogP contribution in [0.15, 0.2) is 42.0 Å². The maximum absolute atomic E-state index is 10.4. The maximum Gasteiger partial charge on any atom is 0.118 e. The summed E-state index contributed by atoms with van der Waals surface area (Å²) in [6, 6.07) is 5.62. The number of hydrogen-bond donors (Lipinski definition) is 2. The molecule has 102 valence electrons. The van der Waals surface area contributed by atoms with Crippen LogP contribution in [0.25, 0.3) is 0 Å². The minimum absolute atomic E-state index is 0.0641. The quantitative estimate of drug-likeness (QED) is 0.849. The van der Waals surface area contributed by atoms with Gasteiger partial charge in [-0.15, -0.1) is 0 Å². The Morgan fingerprint density at radius 1 is 1.32 bits per heavy atom. The van der Waals surface area contributed by atoms with Gasteiger partial charge in [0, 0.05) is 11.8 Å². The number of rotatable bonds is 2. The Balaban J connectivity index is 2.40. The summed E-state index contributed by atoms with van der Waals surface area (Å²) >= 11 is 0. The van der Waals surface area contributed by atoms with Crippen LogP contribution in [0, 0.1) is 12.8 Å². The fourth-order valence-electron chi connectivity index (χ4n) is 2.79. The van der Waals surface area contributed by atoms with E-state index < -0.39 is 5.60 Å². The van der Waals surface area contributed by atoms with Crippen molar-refractivity contribution >= 4 is 0 Å². The summed E-state index contributed by atoms with van der Waals surface area (Å²) in [5.74, 6) is 0.573. The van der Waals surface area contributed by atoms with Crippen LogP contribution in [0.3, 0.4) is 0 Å². The summed E-state index contributed by atoms with van der Waals surface area (Å²) in [4.78, 5) is 0. The summed E-state index contributed by atoms with van der Waals surface area (Å²) < 4.78 is 0. The van der Waals surface area contributed by atoms with Crippen molar-refractivity contribution in [1.82, 2.24) is 0 Å². The van der Waals surface area contributed by atoms with Crippen molar-refractivity contribution in [3.63, 3.8) is 0 Å². The third-order valence-electron chi connectivity index (χ3n) is 4.41. The molecule has 1 aliphatic carbocycles. The summed E-state index contributed by atoms with van der Waals surface area (Å²) in [5, 5.41) is 20.2. The van der Waals surface area contributed by atoms with Crippen molar-refractivity contribution in [2.24, 2.45) is 5.92 Å². The number of phenols is 1. The molecule has 0 saturated heterocycles. The molecule has 0 bridgehead atoms. The Kier molecular flexibility index (Phi) is 3.55. The van der Waals surface area contributed by atoms with Gasteiger partial charge in [0.1, 0.15) is 5.75 Å². The highest BCUT2D eigenvalue weighted by molar-refractivity contribution is 5.45. The molecule has 2 heteroatoms. The smallest absolute Gasteiger partial charge is 0.118 e. The lowest BCUT2D eigenvalue weighted by Crippen LogP contribution is -2.34. The first-order valence-electron chi connectivity index (χ1n) is 6.74. The van der Waals surface area contributed by atoms with E-state index in [1.807, 2.05) is 45.1 Å². The van der Waals surface area contributed by atoms with Gasteiger partial charge in [-0.25, -0.2) is 0 Å². The van der Waals surface area contributed by atoms with E-state index in [1.165, 1.54) is 5.57 Å². The maximum atomic E-state index is 10.4. The highest BCUT2D eigenvalue weighted by Crippen LogP contribution is 2.39. The number of allylic oxidation sites excluding steroid dienone is 2. The van der Waals surface area contributed by atoms with Gasteiger partial charge in [0.2, 0.25) is 0 Å². The summed E-state index contributed by atoms with van der Waals surface area (Å²) in [5.41, 5.74) is 2.42. The molecule has 1 aromatic carbocycles. The van der Waals surface area contributed by atoms with E-state index >= 15 is 0 Å². The molecule has 0 amide bonds. The average Bonchev–Trinajstić information content (AvgIpc) is 2.35. The molecule has 1 aromatic rings. The second-order valence-corrected chi connectivity index (χ2v) is 5.69. The highest BCUT2D eigenvalue weighted by atomic mass is 16.3. The van der Waals surface area contributed by atoms with Crippen molar-refractivity contribution < 1.29 is 10.2 Å². The first kappa shape index (κ1) is 13.9. The molecule has 3 atom stereocenters. The predicted octanol–water partition coefficient (Wildman–Crippen LogP) is 3.69. The van der Waals surface area contributed by atoms with Crippen molar-refractivity contribution in [1.29, 1.82) is 0 Å². The van der Waals surface area contributed by atoms with Gasteiger partial charge in [0.25, 0.3) is 0 Å². The minimum atomic E-state index is -0.803. The van der Waals surface area contributed by atoms with Crippen LogP contribution in [0.5, 0.6) is 5.75 Å². The molecule has 0 radical (unpaired) electrons. The lowest BCUT2D eigenvalue weighted by atomic mass is 9.74. The van der Waals surface area contributed by atoms with Crippen LogP contribution >= 0.6 is 0 Å².